The summed E-state index contributed by atoms with van der Waals surface area (Å²) in [7, 11) is 0. The van der Waals surface area contributed by atoms with Gasteiger partial charge in [0, 0.05) is 15.7 Å². The molecule has 4 rings (SSSR count). The number of ether oxygens (including phenoxy) is 1. The van der Waals surface area contributed by atoms with E-state index in [-0.39, 0.29) is 24.8 Å². The molecular formula is C27H23Cl2N3O4. The first-order valence-electron chi connectivity index (χ1n) is 11.1. The van der Waals surface area contributed by atoms with Crippen molar-refractivity contribution in [1.29, 1.82) is 0 Å². The Morgan fingerprint density at radius 2 is 1.83 bits per heavy atom. The van der Waals surface area contributed by atoms with Crippen LogP contribution in [0.2, 0.25) is 10.0 Å². The Bertz CT molecular complexity index is 1390. The molecule has 184 valence electrons. The maximum Gasteiger partial charge on any atom is 0.329 e. The van der Waals surface area contributed by atoms with Gasteiger partial charge in [-0.3, -0.25) is 14.5 Å². The zero-order chi connectivity index (χ0) is 25.8. The highest BCUT2D eigenvalue weighted by atomic mass is 35.5. The topological polar surface area (TPSA) is 87.7 Å². The van der Waals surface area contributed by atoms with Gasteiger partial charge in [-0.15, -0.1) is 0 Å². The Balaban J connectivity index is 1.39. The lowest BCUT2D eigenvalue weighted by Crippen LogP contribution is -2.30. The fraction of sp³-hybridized carbons (Fsp3) is 0.148. The van der Waals surface area contributed by atoms with Crippen molar-refractivity contribution in [2.24, 2.45) is 0 Å². The number of nitrogens with zero attached hydrogens (tertiary/aromatic N) is 1. The summed E-state index contributed by atoms with van der Waals surface area (Å²) >= 11 is 12.1. The molecular weight excluding hydrogens is 501 g/mol. The zero-order valence-electron chi connectivity index (χ0n) is 19.6. The fourth-order valence-corrected chi connectivity index (χ4v) is 4.03. The lowest BCUT2D eigenvalue weighted by molar-refractivity contribution is -0.123. The number of nitrogens with one attached hydrogen (secondary N) is 2. The van der Waals surface area contributed by atoms with Gasteiger partial charge in [0.15, 0.2) is 6.61 Å². The minimum Gasteiger partial charge on any atom is -0.484 e. The van der Waals surface area contributed by atoms with Gasteiger partial charge in [0.1, 0.15) is 11.4 Å². The van der Waals surface area contributed by atoms with E-state index in [2.05, 4.69) is 10.6 Å². The molecule has 1 heterocycles. The summed E-state index contributed by atoms with van der Waals surface area (Å²) in [5, 5.41) is 6.22. The molecule has 9 heteroatoms. The van der Waals surface area contributed by atoms with Gasteiger partial charge in [0.2, 0.25) is 0 Å². The number of aryl methyl sites for hydroxylation is 2. The fourth-order valence-electron chi connectivity index (χ4n) is 3.56. The highest BCUT2D eigenvalue weighted by Gasteiger charge is 2.33. The number of amides is 4. The second-order valence-electron chi connectivity index (χ2n) is 8.32. The highest BCUT2D eigenvalue weighted by Crippen LogP contribution is 2.25. The molecule has 0 atom stereocenters. The molecule has 0 spiro atoms. The smallest absolute Gasteiger partial charge is 0.329 e. The maximum atomic E-state index is 12.8. The molecule has 0 saturated carbocycles. The standard InChI is InChI=1S/C27H23Cl2N3O4/c1-16-6-9-21(10-17(16)2)30-25(33)15-36-22-5-3-4-18(11-22)12-24-26(34)32(27(35)31-24)14-19-7-8-20(28)13-23(19)29/h3-13H,14-15H2,1-2H3,(H,30,33)(H,31,35)/b24-12-. The van der Waals surface area contributed by atoms with Gasteiger partial charge in [-0.1, -0.05) is 47.5 Å². The van der Waals surface area contributed by atoms with Crippen LogP contribution < -0.4 is 15.4 Å². The molecule has 0 aromatic heterocycles. The molecule has 4 amide bonds. The number of rotatable bonds is 7. The summed E-state index contributed by atoms with van der Waals surface area (Å²) in [6, 6.07) is 16.9. The van der Waals surface area contributed by atoms with Crippen LogP contribution in [-0.4, -0.2) is 29.4 Å². The molecule has 3 aromatic carbocycles. The third kappa shape index (κ3) is 6.05. The third-order valence-electron chi connectivity index (χ3n) is 5.64. The zero-order valence-corrected chi connectivity index (χ0v) is 21.1. The third-order valence-corrected chi connectivity index (χ3v) is 6.22. The van der Waals surface area contributed by atoms with Crippen molar-refractivity contribution in [2.45, 2.75) is 20.4 Å². The van der Waals surface area contributed by atoms with E-state index in [1.165, 1.54) is 0 Å². The number of carbonyl (C=O) groups excluding carboxylic acids is 3. The van der Waals surface area contributed by atoms with Gasteiger partial charge in [0.05, 0.1) is 6.54 Å². The molecule has 2 N–H and O–H groups in total. The van der Waals surface area contributed by atoms with E-state index >= 15 is 0 Å². The molecule has 3 aromatic rings. The van der Waals surface area contributed by atoms with Crippen LogP contribution in [0.5, 0.6) is 5.75 Å². The SMILES string of the molecule is Cc1ccc(NC(=O)COc2cccc(/C=C3\NC(=O)N(Cc4ccc(Cl)cc4Cl)C3=O)c2)cc1C. The van der Waals surface area contributed by atoms with Gasteiger partial charge in [-0.25, -0.2) is 4.79 Å². The van der Waals surface area contributed by atoms with Gasteiger partial charge >= 0.3 is 6.03 Å². The van der Waals surface area contributed by atoms with Crippen LogP contribution in [-0.2, 0) is 16.1 Å². The van der Waals surface area contributed by atoms with Crippen molar-refractivity contribution in [1.82, 2.24) is 10.2 Å². The number of imide groups is 1. The van der Waals surface area contributed by atoms with E-state index in [1.807, 2.05) is 32.0 Å². The molecule has 0 unspecified atom stereocenters. The van der Waals surface area contributed by atoms with Crippen LogP contribution >= 0.6 is 23.2 Å². The summed E-state index contributed by atoms with van der Waals surface area (Å²) in [5.41, 5.74) is 4.26. The minimum atomic E-state index is -0.548. The molecule has 1 aliphatic heterocycles. The first-order chi connectivity index (χ1) is 17.2. The van der Waals surface area contributed by atoms with Crippen LogP contribution in [0.4, 0.5) is 10.5 Å². The van der Waals surface area contributed by atoms with Gasteiger partial charge in [0.25, 0.3) is 11.8 Å². The predicted molar refractivity (Wildman–Crippen MR) is 140 cm³/mol. The van der Waals surface area contributed by atoms with E-state index < -0.39 is 11.9 Å². The van der Waals surface area contributed by atoms with E-state index in [0.717, 1.165) is 16.0 Å². The van der Waals surface area contributed by atoms with Gasteiger partial charge in [-0.05, 0) is 78.6 Å². The summed E-state index contributed by atoms with van der Waals surface area (Å²) in [6.07, 6.45) is 1.55. The Morgan fingerprint density at radius 1 is 1.03 bits per heavy atom. The minimum absolute atomic E-state index is 0.0107. The highest BCUT2D eigenvalue weighted by molar-refractivity contribution is 6.35. The Labute approximate surface area is 218 Å². The normalized spacial score (nSPS) is 14.2. The van der Waals surface area contributed by atoms with Gasteiger partial charge < -0.3 is 15.4 Å². The van der Waals surface area contributed by atoms with Crippen molar-refractivity contribution < 1.29 is 19.1 Å². The number of hydrogen-bond acceptors (Lipinski definition) is 4. The van der Waals surface area contributed by atoms with E-state index in [0.29, 0.717) is 32.6 Å². The summed E-state index contributed by atoms with van der Waals surface area (Å²) < 4.78 is 5.62. The summed E-state index contributed by atoms with van der Waals surface area (Å²) in [5.74, 6) is -0.331. The van der Waals surface area contributed by atoms with E-state index in [4.69, 9.17) is 27.9 Å². The molecule has 0 aliphatic carbocycles. The van der Waals surface area contributed by atoms with Crippen LogP contribution in [0, 0.1) is 13.8 Å². The first kappa shape index (κ1) is 25.3. The molecule has 0 bridgehead atoms. The average Bonchev–Trinajstić information content (AvgIpc) is 3.09. The quantitative estimate of drug-likeness (QED) is 0.306. The van der Waals surface area contributed by atoms with Crippen LogP contribution in [0.15, 0.2) is 66.4 Å². The van der Waals surface area contributed by atoms with E-state index in [1.54, 1.807) is 48.5 Å². The predicted octanol–water partition coefficient (Wildman–Crippen LogP) is 5.72. The number of carbonyl (C=O) groups is 3. The Morgan fingerprint density at radius 3 is 2.58 bits per heavy atom. The Kier molecular flexibility index (Phi) is 7.62. The molecule has 1 fully saturated rings. The van der Waals surface area contributed by atoms with Crippen molar-refractivity contribution in [2.75, 3.05) is 11.9 Å². The van der Waals surface area contributed by atoms with E-state index in [9.17, 15) is 14.4 Å². The lowest BCUT2D eigenvalue weighted by atomic mass is 10.1. The van der Waals surface area contributed by atoms with Crippen molar-refractivity contribution in [3.8, 4) is 5.75 Å². The number of halogens is 2. The van der Waals surface area contributed by atoms with Crippen molar-refractivity contribution in [3.63, 3.8) is 0 Å². The number of anilines is 1. The number of urea groups is 1. The largest absolute Gasteiger partial charge is 0.484 e. The second kappa shape index (κ2) is 10.8. The summed E-state index contributed by atoms with van der Waals surface area (Å²) in [6.45, 7) is 3.81. The molecule has 36 heavy (non-hydrogen) atoms. The number of benzene rings is 3. The maximum absolute atomic E-state index is 12.8. The second-order valence-corrected chi connectivity index (χ2v) is 9.17. The number of hydrogen-bond donors (Lipinski definition) is 2. The molecule has 1 aliphatic rings. The molecule has 1 saturated heterocycles. The Hall–Kier alpha value is -3.81. The van der Waals surface area contributed by atoms with Crippen LogP contribution in [0.25, 0.3) is 6.08 Å². The van der Waals surface area contributed by atoms with Crippen LogP contribution in [0.3, 0.4) is 0 Å². The van der Waals surface area contributed by atoms with Crippen LogP contribution in [0.1, 0.15) is 22.3 Å². The average molecular weight is 524 g/mol. The molecule has 0 radical (unpaired) electrons. The van der Waals surface area contributed by atoms with Gasteiger partial charge in [-0.2, -0.15) is 0 Å². The first-order valence-corrected chi connectivity index (χ1v) is 11.8. The summed E-state index contributed by atoms with van der Waals surface area (Å²) in [4.78, 5) is 38.6. The lowest BCUT2D eigenvalue weighted by Gasteiger charge is -2.13. The monoisotopic (exact) mass is 523 g/mol. The molecule has 7 nitrogen and oxygen atoms in total. The van der Waals surface area contributed by atoms with Crippen molar-refractivity contribution >= 4 is 52.8 Å². The van der Waals surface area contributed by atoms with Crippen molar-refractivity contribution in [3.05, 3.63) is 98.7 Å².